The van der Waals surface area contributed by atoms with E-state index >= 15 is 0 Å². The largest absolute Gasteiger partial charge is 0.524 e. The number of amides is 1. The molecule has 1 amide bonds. The zero-order chi connectivity index (χ0) is 13.6. The summed E-state index contributed by atoms with van der Waals surface area (Å²) >= 11 is 0. The van der Waals surface area contributed by atoms with Crippen LogP contribution < -0.4 is 4.48 Å². The van der Waals surface area contributed by atoms with Crippen molar-refractivity contribution in [3.8, 4) is 0 Å². The topological polar surface area (TPSA) is 37.3 Å². The summed E-state index contributed by atoms with van der Waals surface area (Å²) in [7, 11) is 0. The van der Waals surface area contributed by atoms with Crippen molar-refractivity contribution in [2.45, 2.75) is 13.1 Å². The van der Waals surface area contributed by atoms with Crippen LogP contribution in [-0.2, 0) is 0 Å². The Bertz CT molecular complexity index is 536. The summed E-state index contributed by atoms with van der Waals surface area (Å²) < 4.78 is 37.9. The lowest BCUT2D eigenvalue weighted by atomic mass is 10.2. The van der Waals surface area contributed by atoms with Crippen LogP contribution in [0.3, 0.4) is 0 Å². The number of allylic oxidation sites excluding steroid dienone is 1. The minimum atomic E-state index is -4.67. The Morgan fingerprint density at radius 1 is 1.33 bits per heavy atom. The van der Waals surface area contributed by atoms with Gasteiger partial charge in [0.1, 0.15) is 0 Å². The highest BCUT2D eigenvalue weighted by atomic mass is 19.4. The van der Waals surface area contributed by atoms with Crippen LogP contribution in [0.2, 0.25) is 0 Å². The molecule has 2 rings (SSSR count). The number of halogens is 3. The fraction of sp³-hybridized carbons (Fsp3) is 0.250. The van der Waals surface area contributed by atoms with Crippen LogP contribution in [-0.4, -0.2) is 23.9 Å². The minimum Gasteiger partial charge on any atom is -0.435 e. The van der Waals surface area contributed by atoms with Gasteiger partial charge < -0.3 is 5.11 Å². The van der Waals surface area contributed by atoms with Gasteiger partial charge in [0.25, 0.3) is 0 Å². The molecule has 18 heavy (non-hydrogen) atoms. The Balaban J connectivity index is 2.74. The van der Waals surface area contributed by atoms with Crippen LogP contribution in [0.1, 0.15) is 12.5 Å². The van der Waals surface area contributed by atoms with Crippen LogP contribution >= 0.6 is 0 Å². The molecule has 0 spiro atoms. The molecule has 0 saturated carbocycles. The summed E-state index contributed by atoms with van der Waals surface area (Å²) in [5.74, 6) is 0. The van der Waals surface area contributed by atoms with Gasteiger partial charge in [-0.15, -0.1) is 0 Å². The quantitative estimate of drug-likeness (QED) is 0.781. The van der Waals surface area contributed by atoms with Crippen molar-refractivity contribution in [1.29, 1.82) is 0 Å². The standard InChI is InChI=1S/C12H10F3NO2/c1-2-16(11(17)18)9-6-4-3-5-8(9)7-10(16)12(13,14)15/h3-7H,2H2,1H3/p+1. The van der Waals surface area contributed by atoms with Crippen LogP contribution in [0.4, 0.5) is 23.7 Å². The van der Waals surface area contributed by atoms with Crippen molar-refractivity contribution in [3.63, 3.8) is 0 Å². The third-order valence-electron chi connectivity index (χ3n) is 3.14. The zero-order valence-electron chi connectivity index (χ0n) is 9.53. The first-order chi connectivity index (χ1) is 8.34. The number of hydrogen-bond donors (Lipinski definition) is 1. The van der Waals surface area contributed by atoms with Gasteiger partial charge in [0.15, 0.2) is 5.69 Å². The van der Waals surface area contributed by atoms with E-state index in [4.69, 9.17) is 0 Å². The summed E-state index contributed by atoms with van der Waals surface area (Å²) in [6, 6.07) is 6.03. The minimum absolute atomic E-state index is 0.153. The van der Waals surface area contributed by atoms with Gasteiger partial charge in [-0.1, -0.05) is 12.1 Å². The molecule has 1 aromatic carbocycles. The summed E-state index contributed by atoms with van der Waals surface area (Å²) in [6.07, 6.45) is -5.29. The Morgan fingerprint density at radius 2 is 1.94 bits per heavy atom. The first-order valence-electron chi connectivity index (χ1n) is 5.34. The zero-order valence-corrected chi connectivity index (χ0v) is 9.53. The van der Waals surface area contributed by atoms with Gasteiger partial charge in [-0.25, -0.2) is 0 Å². The Labute approximate surface area is 101 Å². The molecule has 3 nitrogen and oxygen atoms in total. The number of carboxylic acid groups (broad SMARTS) is 1. The predicted molar refractivity (Wildman–Crippen MR) is 60.8 cm³/mol. The number of nitrogens with zero attached hydrogens (tertiary/aromatic N) is 1. The Morgan fingerprint density at radius 3 is 2.44 bits per heavy atom. The van der Waals surface area contributed by atoms with E-state index in [0.717, 1.165) is 6.08 Å². The van der Waals surface area contributed by atoms with Crippen LogP contribution in [0.5, 0.6) is 0 Å². The summed E-state index contributed by atoms with van der Waals surface area (Å²) in [5.41, 5.74) is -0.604. The fourth-order valence-electron chi connectivity index (χ4n) is 2.32. The average molecular weight is 258 g/mol. The van der Waals surface area contributed by atoms with Gasteiger partial charge in [-0.3, -0.25) is 0 Å². The second-order valence-corrected chi connectivity index (χ2v) is 3.99. The molecule has 1 aliphatic rings. The molecule has 1 aliphatic heterocycles. The van der Waals surface area contributed by atoms with E-state index in [2.05, 4.69) is 0 Å². The van der Waals surface area contributed by atoms with Gasteiger partial charge >= 0.3 is 12.3 Å². The van der Waals surface area contributed by atoms with Crippen LogP contribution in [0.15, 0.2) is 30.0 Å². The van der Waals surface area contributed by atoms with Crippen molar-refractivity contribution in [2.75, 3.05) is 6.54 Å². The van der Waals surface area contributed by atoms with E-state index in [1.807, 2.05) is 0 Å². The maximum atomic E-state index is 13.0. The highest BCUT2D eigenvalue weighted by Crippen LogP contribution is 2.46. The van der Waals surface area contributed by atoms with E-state index in [1.54, 1.807) is 6.07 Å². The maximum absolute atomic E-state index is 13.0. The fourth-order valence-corrected chi connectivity index (χ4v) is 2.32. The molecule has 1 atom stereocenters. The lowest BCUT2D eigenvalue weighted by Gasteiger charge is -2.30. The molecule has 0 bridgehead atoms. The highest BCUT2D eigenvalue weighted by molar-refractivity contribution is 5.93. The molecule has 0 saturated heterocycles. The molecule has 1 unspecified atom stereocenters. The first kappa shape index (κ1) is 12.6. The van der Waals surface area contributed by atoms with Gasteiger partial charge in [-0.2, -0.15) is 22.4 Å². The number of hydrogen-bond acceptors (Lipinski definition) is 1. The molecular formula is C12H11F3NO2+. The number of alkyl halides is 3. The molecular weight excluding hydrogens is 247 g/mol. The van der Waals surface area contributed by atoms with Gasteiger partial charge in [0.2, 0.25) is 5.70 Å². The number of rotatable bonds is 1. The predicted octanol–water partition coefficient (Wildman–Crippen LogP) is 3.61. The van der Waals surface area contributed by atoms with E-state index in [0.29, 0.717) is 5.56 Å². The summed E-state index contributed by atoms with van der Waals surface area (Å²) in [5, 5.41) is 9.28. The van der Waals surface area contributed by atoms with E-state index < -0.39 is 22.4 Å². The molecule has 0 fully saturated rings. The lowest BCUT2D eigenvalue weighted by Crippen LogP contribution is -2.54. The number of benzene rings is 1. The first-order valence-corrected chi connectivity index (χ1v) is 5.34. The smallest absolute Gasteiger partial charge is 0.435 e. The van der Waals surface area contributed by atoms with E-state index in [-0.39, 0.29) is 12.2 Å². The van der Waals surface area contributed by atoms with Crippen LogP contribution in [0, 0.1) is 0 Å². The highest BCUT2D eigenvalue weighted by Gasteiger charge is 2.58. The van der Waals surface area contributed by atoms with Gasteiger partial charge in [0.05, 0.1) is 6.54 Å². The molecule has 0 radical (unpaired) electrons. The van der Waals surface area contributed by atoms with Gasteiger partial charge in [0, 0.05) is 17.7 Å². The molecule has 1 aromatic rings. The lowest BCUT2D eigenvalue weighted by molar-refractivity contribution is -0.106. The Kier molecular flexibility index (Phi) is 2.70. The van der Waals surface area contributed by atoms with E-state index in [1.165, 1.54) is 25.1 Å². The SMILES string of the molecule is CC[N+]1(C(=O)O)C(C(F)(F)F)=Cc2ccccc21. The molecule has 1 N–H and O–H groups in total. The molecule has 96 valence electrons. The van der Waals surface area contributed by atoms with Crippen molar-refractivity contribution >= 4 is 17.9 Å². The maximum Gasteiger partial charge on any atom is 0.524 e. The second-order valence-electron chi connectivity index (χ2n) is 3.99. The summed E-state index contributed by atoms with van der Waals surface area (Å²) in [6.45, 7) is 1.23. The van der Waals surface area contributed by atoms with Crippen molar-refractivity contribution < 1.29 is 23.1 Å². The molecule has 6 heteroatoms. The second kappa shape index (κ2) is 3.84. The average Bonchev–Trinajstić information content (AvgIpc) is 2.64. The van der Waals surface area contributed by atoms with Crippen LogP contribution in [0.25, 0.3) is 6.08 Å². The summed E-state index contributed by atoms with van der Waals surface area (Å²) in [4.78, 5) is 11.4. The van der Waals surface area contributed by atoms with Crippen molar-refractivity contribution in [1.82, 2.24) is 4.48 Å². The molecule has 1 heterocycles. The normalized spacial score (nSPS) is 22.6. The number of quaternary nitrogens is 1. The number of carbonyl (C=O) groups is 1. The third kappa shape index (κ3) is 1.53. The van der Waals surface area contributed by atoms with E-state index in [9.17, 15) is 23.1 Å². The monoisotopic (exact) mass is 258 g/mol. The Hall–Kier alpha value is -1.82. The molecule has 0 aromatic heterocycles. The van der Waals surface area contributed by atoms with Crippen molar-refractivity contribution in [2.24, 2.45) is 0 Å². The number of fused-ring (bicyclic) bond motifs is 1. The molecule has 0 aliphatic carbocycles. The number of para-hydroxylation sites is 1. The van der Waals surface area contributed by atoms with Crippen molar-refractivity contribution in [3.05, 3.63) is 35.5 Å². The third-order valence-corrected chi connectivity index (χ3v) is 3.14. The van der Waals surface area contributed by atoms with Gasteiger partial charge in [-0.05, 0) is 13.0 Å².